The number of hydrogen-bond donors (Lipinski definition) is 1. The topological polar surface area (TPSA) is 55.4 Å². The summed E-state index contributed by atoms with van der Waals surface area (Å²) in [6.07, 6.45) is 6.73. The molecular formula is C22H25NO3S. The molecule has 0 spiro atoms. The zero-order valence-corrected chi connectivity index (χ0v) is 16.5. The number of carbonyl (C=O) groups is 2. The maximum atomic E-state index is 11.9. The van der Waals surface area contributed by atoms with Crippen molar-refractivity contribution in [1.82, 2.24) is 5.32 Å². The number of rotatable bonds is 9. The van der Waals surface area contributed by atoms with E-state index in [1.54, 1.807) is 17.8 Å². The van der Waals surface area contributed by atoms with Gasteiger partial charge >= 0.3 is 5.97 Å². The number of ether oxygens (including phenoxy) is 1. The zero-order chi connectivity index (χ0) is 19.5. The average Bonchev–Trinajstić information content (AvgIpc) is 2.70. The van der Waals surface area contributed by atoms with Gasteiger partial charge in [-0.05, 0) is 55.4 Å². The summed E-state index contributed by atoms with van der Waals surface area (Å²) in [4.78, 5) is 24.8. The molecule has 0 saturated heterocycles. The lowest BCUT2D eigenvalue weighted by Crippen LogP contribution is -2.36. The third kappa shape index (κ3) is 8.13. The van der Waals surface area contributed by atoms with Crippen LogP contribution in [0.3, 0.4) is 0 Å². The molecule has 0 bridgehead atoms. The number of amides is 1. The van der Waals surface area contributed by atoms with Gasteiger partial charge in [-0.3, -0.25) is 4.79 Å². The van der Waals surface area contributed by atoms with Gasteiger partial charge < -0.3 is 10.1 Å². The fourth-order valence-corrected chi connectivity index (χ4v) is 2.89. The molecule has 0 heterocycles. The van der Waals surface area contributed by atoms with Crippen molar-refractivity contribution in [3.63, 3.8) is 0 Å². The second-order valence-corrected chi connectivity index (χ2v) is 7.09. The second-order valence-electron chi connectivity index (χ2n) is 6.21. The second kappa shape index (κ2) is 11.2. The molecule has 142 valence electrons. The Morgan fingerprint density at radius 1 is 1.11 bits per heavy atom. The van der Waals surface area contributed by atoms with E-state index < -0.39 is 5.97 Å². The zero-order valence-electron chi connectivity index (χ0n) is 15.7. The summed E-state index contributed by atoms with van der Waals surface area (Å²) in [7, 11) is 0. The molecule has 1 amide bonds. The van der Waals surface area contributed by atoms with Crippen LogP contribution in [-0.4, -0.2) is 30.8 Å². The fourth-order valence-electron chi connectivity index (χ4n) is 2.48. The number of carbonyl (C=O) groups excluding carboxylic acids is 2. The first-order valence-electron chi connectivity index (χ1n) is 8.89. The Balaban J connectivity index is 1.67. The first-order valence-corrected chi connectivity index (χ1v) is 10.1. The Kier molecular flexibility index (Phi) is 8.65. The third-order valence-electron chi connectivity index (χ3n) is 3.99. The van der Waals surface area contributed by atoms with Crippen molar-refractivity contribution in [2.45, 2.75) is 30.7 Å². The van der Waals surface area contributed by atoms with Crippen LogP contribution in [-0.2, 0) is 20.7 Å². The monoisotopic (exact) mass is 383 g/mol. The van der Waals surface area contributed by atoms with Crippen LogP contribution >= 0.6 is 11.8 Å². The summed E-state index contributed by atoms with van der Waals surface area (Å²) < 4.78 is 4.99. The van der Waals surface area contributed by atoms with Gasteiger partial charge in [0.15, 0.2) is 6.61 Å². The molecule has 5 heteroatoms. The van der Waals surface area contributed by atoms with Crippen molar-refractivity contribution in [1.29, 1.82) is 0 Å². The summed E-state index contributed by atoms with van der Waals surface area (Å²) in [6.45, 7) is 1.67. The van der Waals surface area contributed by atoms with Gasteiger partial charge in [0.25, 0.3) is 5.91 Å². The minimum Gasteiger partial charge on any atom is -0.452 e. The van der Waals surface area contributed by atoms with Crippen LogP contribution < -0.4 is 5.32 Å². The van der Waals surface area contributed by atoms with Crippen molar-refractivity contribution >= 4 is 29.7 Å². The largest absolute Gasteiger partial charge is 0.452 e. The molecule has 1 N–H and O–H groups in total. The van der Waals surface area contributed by atoms with Crippen molar-refractivity contribution in [2.75, 3.05) is 12.9 Å². The van der Waals surface area contributed by atoms with E-state index in [-0.39, 0.29) is 18.6 Å². The van der Waals surface area contributed by atoms with Crippen molar-refractivity contribution in [2.24, 2.45) is 0 Å². The molecule has 0 aliphatic heterocycles. The van der Waals surface area contributed by atoms with Crippen LogP contribution in [0.25, 0.3) is 6.08 Å². The molecule has 1 atom stereocenters. The Morgan fingerprint density at radius 3 is 2.48 bits per heavy atom. The third-order valence-corrected chi connectivity index (χ3v) is 4.73. The molecule has 2 aromatic rings. The van der Waals surface area contributed by atoms with Gasteiger partial charge in [0.2, 0.25) is 0 Å². The number of aryl methyl sites for hydroxylation is 1. The summed E-state index contributed by atoms with van der Waals surface area (Å²) in [5.41, 5.74) is 2.14. The molecule has 0 aliphatic rings. The predicted molar refractivity (Wildman–Crippen MR) is 111 cm³/mol. The molecule has 0 radical (unpaired) electrons. The first-order chi connectivity index (χ1) is 13.1. The van der Waals surface area contributed by atoms with Crippen molar-refractivity contribution in [3.8, 4) is 0 Å². The van der Waals surface area contributed by atoms with Gasteiger partial charge in [0.1, 0.15) is 0 Å². The Morgan fingerprint density at radius 2 is 1.81 bits per heavy atom. The molecular weight excluding hydrogens is 358 g/mol. The van der Waals surface area contributed by atoms with E-state index in [9.17, 15) is 9.59 Å². The summed E-state index contributed by atoms with van der Waals surface area (Å²) >= 11 is 1.66. The maximum Gasteiger partial charge on any atom is 0.331 e. The molecule has 0 aliphatic carbocycles. The molecule has 2 aromatic carbocycles. The highest BCUT2D eigenvalue weighted by atomic mass is 32.2. The molecule has 27 heavy (non-hydrogen) atoms. The molecule has 0 fully saturated rings. The van der Waals surface area contributed by atoms with Crippen LogP contribution in [0.1, 0.15) is 24.5 Å². The molecule has 0 aromatic heterocycles. The Labute approximate surface area is 165 Å². The van der Waals surface area contributed by atoms with Crippen molar-refractivity contribution < 1.29 is 14.3 Å². The highest BCUT2D eigenvalue weighted by Crippen LogP contribution is 2.15. The number of hydrogen-bond acceptors (Lipinski definition) is 4. The van der Waals surface area contributed by atoms with Gasteiger partial charge in [-0.25, -0.2) is 4.79 Å². The predicted octanol–water partition coefficient (Wildman–Crippen LogP) is 4.10. The van der Waals surface area contributed by atoms with Crippen LogP contribution in [0.15, 0.2) is 65.6 Å². The first kappa shape index (κ1) is 20.8. The summed E-state index contributed by atoms with van der Waals surface area (Å²) in [6, 6.07) is 18.0. The van der Waals surface area contributed by atoms with Crippen LogP contribution in [0, 0.1) is 0 Å². The van der Waals surface area contributed by atoms with E-state index in [2.05, 4.69) is 17.4 Å². The van der Waals surface area contributed by atoms with Gasteiger partial charge in [-0.2, -0.15) is 0 Å². The fraction of sp³-hybridized carbons (Fsp3) is 0.273. The highest BCUT2D eigenvalue weighted by molar-refractivity contribution is 7.98. The number of benzene rings is 2. The van der Waals surface area contributed by atoms with E-state index in [1.807, 2.05) is 55.6 Å². The maximum absolute atomic E-state index is 11.9. The van der Waals surface area contributed by atoms with Crippen LogP contribution in [0.5, 0.6) is 0 Å². The van der Waals surface area contributed by atoms with Gasteiger partial charge in [0.05, 0.1) is 0 Å². The van der Waals surface area contributed by atoms with E-state index in [1.165, 1.54) is 11.6 Å². The Hall–Kier alpha value is -2.53. The van der Waals surface area contributed by atoms with E-state index in [4.69, 9.17) is 4.74 Å². The lowest BCUT2D eigenvalue weighted by atomic mass is 10.1. The Bertz CT molecular complexity index is 757. The number of esters is 1. The summed E-state index contributed by atoms with van der Waals surface area (Å²) in [5, 5.41) is 2.85. The average molecular weight is 384 g/mol. The van der Waals surface area contributed by atoms with Gasteiger partial charge in [-0.15, -0.1) is 11.8 Å². The minimum atomic E-state index is -0.531. The SMILES string of the molecule is CSc1ccc(/C=C/C(=O)OCC(=O)N[C@@H](C)CCc2ccccc2)cc1. The standard InChI is InChI=1S/C22H25NO3S/c1-17(8-9-18-6-4-3-5-7-18)23-21(24)16-26-22(25)15-12-19-10-13-20(27-2)14-11-19/h3-7,10-15,17H,8-9,16H2,1-2H3,(H,23,24)/b15-12+/t17-/m0/s1. The van der Waals surface area contributed by atoms with Crippen LogP contribution in [0.4, 0.5) is 0 Å². The number of thioether (sulfide) groups is 1. The van der Waals surface area contributed by atoms with Crippen molar-refractivity contribution in [3.05, 3.63) is 71.8 Å². The molecule has 0 saturated carbocycles. The van der Waals surface area contributed by atoms with Crippen LogP contribution in [0.2, 0.25) is 0 Å². The molecule has 2 rings (SSSR count). The normalized spacial score (nSPS) is 11.9. The highest BCUT2D eigenvalue weighted by Gasteiger charge is 2.09. The molecule has 0 unspecified atom stereocenters. The minimum absolute atomic E-state index is 0.0156. The lowest BCUT2D eigenvalue weighted by molar-refractivity contribution is -0.144. The van der Waals surface area contributed by atoms with Gasteiger partial charge in [0, 0.05) is 17.0 Å². The molecule has 4 nitrogen and oxygen atoms in total. The number of nitrogens with one attached hydrogen (secondary N) is 1. The van der Waals surface area contributed by atoms with E-state index >= 15 is 0 Å². The summed E-state index contributed by atoms with van der Waals surface area (Å²) in [5.74, 6) is -0.822. The van der Waals surface area contributed by atoms with E-state index in [0.29, 0.717) is 0 Å². The van der Waals surface area contributed by atoms with E-state index in [0.717, 1.165) is 23.3 Å². The van der Waals surface area contributed by atoms with Gasteiger partial charge in [-0.1, -0.05) is 42.5 Å². The smallest absolute Gasteiger partial charge is 0.331 e. The quantitative estimate of drug-likeness (QED) is 0.402. The lowest BCUT2D eigenvalue weighted by Gasteiger charge is -2.13.